The Morgan fingerprint density at radius 1 is 1.06 bits per heavy atom. The SMILES string of the molecule is CC1(c2ccc3c(c2)OCO3)NC(=O)N(CC(=O)N2CCN(c3cccc(Cl)c3)CC2)C1=O. The fourth-order valence-corrected chi connectivity index (χ4v) is 4.55. The van der Waals surface area contributed by atoms with Crippen LogP contribution in [0.5, 0.6) is 11.5 Å². The molecule has 4 amide bonds. The second-order valence-electron chi connectivity index (χ2n) is 8.36. The number of carbonyl (C=O) groups excluding carboxylic acids is 3. The van der Waals surface area contributed by atoms with Crippen LogP contribution >= 0.6 is 11.6 Å². The Morgan fingerprint density at radius 2 is 1.82 bits per heavy atom. The number of rotatable bonds is 4. The highest BCUT2D eigenvalue weighted by atomic mass is 35.5. The maximum atomic E-state index is 13.2. The summed E-state index contributed by atoms with van der Waals surface area (Å²) in [5.41, 5.74) is 0.280. The topological polar surface area (TPSA) is 91.4 Å². The van der Waals surface area contributed by atoms with Crippen molar-refractivity contribution in [2.75, 3.05) is 44.4 Å². The van der Waals surface area contributed by atoms with Crippen LogP contribution in [-0.2, 0) is 15.1 Å². The second kappa shape index (κ2) is 8.15. The molecular formula is C23H23ClN4O5. The first-order chi connectivity index (χ1) is 15.8. The monoisotopic (exact) mass is 470 g/mol. The molecule has 3 heterocycles. The number of nitrogens with zero attached hydrogens (tertiary/aromatic N) is 3. The van der Waals surface area contributed by atoms with Crippen LogP contribution in [0.4, 0.5) is 10.5 Å². The van der Waals surface area contributed by atoms with Crippen molar-refractivity contribution in [3.63, 3.8) is 0 Å². The highest BCUT2D eigenvalue weighted by molar-refractivity contribution is 6.30. The van der Waals surface area contributed by atoms with Crippen LogP contribution in [0.2, 0.25) is 5.02 Å². The third-order valence-electron chi connectivity index (χ3n) is 6.32. The van der Waals surface area contributed by atoms with Gasteiger partial charge in [-0.2, -0.15) is 0 Å². The standard InChI is InChI=1S/C23H23ClN4O5/c1-23(15-5-6-18-19(11-15)33-14-32-18)21(30)28(22(31)25-23)13-20(29)27-9-7-26(8-10-27)17-4-2-3-16(24)12-17/h2-6,11-12H,7-10,13-14H2,1H3,(H,25,31). The first-order valence-electron chi connectivity index (χ1n) is 10.7. The molecule has 0 radical (unpaired) electrons. The van der Waals surface area contributed by atoms with Crippen molar-refractivity contribution in [3.05, 3.63) is 53.1 Å². The van der Waals surface area contributed by atoms with E-state index < -0.39 is 17.5 Å². The summed E-state index contributed by atoms with van der Waals surface area (Å²) >= 11 is 6.08. The molecule has 1 atom stereocenters. The largest absolute Gasteiger partial charge is 0.454 e. The Morgan fingerprint density at radius 3 is 2.58 bits per heavy atom. The van der Waals surface area contributed by atoms with Crippen molar-refractivity contribution in [2.24, 2.45) is 0 Å². The smallest absolute Gasteiger partial charge is 0.325 e. The lowest BCUT2D eigenvalue weighted by Crippen LogP contribution is -2.52. The molecule has 2 aromatic rings. The van der Waals surface area contributed by atoms with E-state index in [4.69, 9.17) is 21.1 Å². The molecule has 3 aliphatic heterocycles. The predicted octanol–water partition coefficient (Wildman–Crippen LogP) is 2.18. The third-order valence-corrected chi connectivity index (χ3v) is 6.56. The molecule has 5 rings (SSSR count). The van der Waals surface area contributed by atoms with Gasteiger partial charge in [-0.3, -0.25) is 14.5 Å². The zero-order valence-electron chi connectivity index (χ0n) is 18.0. The molecule has 1 unspecified atom stereocenters. The number of hydrogen-bond donors (Lipinski definition) is 1. The summed E-state index contributed by atoms with van der Waals surface area (Å²) in [6.45, 7) is 3.70. The number of hydrogen-bond acceptors (Lipinski definition) is 6. The number of ether oxygens (including phenoxy) is 2. The van der Waals surface area contributed by atoms with Crippen molar-refractivity contribution in [3.8, 4) is 11.5 Å². The Balaban J connectivity index is 1.24. The van der Waals surface area contributed by atoms with Crippen LogP contribution in [0.1, 0.15) is 12.5 Å². The molecule has 10 heteroatoms. The zero-order chi connectivity index (χ0) is 23.2. The summed E-state index contributed by atoms with van der Waals surface area (Å²) in [5, 5.41) is 3.39. The van der Waals surface area contributed by atoms with Gasteiger partial charge in [0.1, 0.15) is 12.1 Å². The first kappa shape index (κ1) is 21.4. The number of benzene rings is 2. The summed E-state index contributed by atoms with van der Waals surface area (Å²) in [6.07, 6.45) is 0. The number of piperazine rings is 1. The Hall–Kier alpha value is -3.46. The molecule has 0 aliphatic carbocycles. The molecule has 172 valence electrons. The molecule has 2 saturated heterocycles. The minimum atomic E-state index is -1.29. The van der Waals surface area contributed by atoms with E-state index in [0.717, 1.165) is 10.6 Å². The minimum absolute atomic E-state index is 0.112. The van der Waals surface area contributed by atoms with Gasteiger partial charge in [-0.1, -0.05) is 23.7 Å². The molecule has 0 bridgehead atoms. The van der Waals surface area contributed by atoms with Crippen LogP contribution in [-0.4, -0.2) is 67.2 Å². The quantitative estimate of drug-likeness (QED) is 0.689. The van der Waals surface area contributed by atoms with E-state index in [-0.39, 0.29) is 19.2 Å². The summed E-state index contributed by atoms with van der Waals surface area (Å²) in [4.78, 5) is 43.6. The van der Waals surface area contributed by atoms with Crippen LogP contribution < -0.4 is 19.7 Å². The summed E-state index contributed by atoms with van der Waals surface area (Å²) in [6, 6.07) is 12.1. The van der Waals surface area contributed by atoms with E-state index in [1.54, 1.807) is 30.0 Å². The van der Waals surface area contributed by atoms with Gasteiger partial charge >= 0.3 is 6.03 Å². The highest BCUT2D eigenvalue weighted by Crippen LogP contribution is 2.37. The van der Waals surface area contributed by atoms with Crippen LogP contribution in [0, 0.1) is 0 Å². The molecule has 9 nitrogen and oxygen atoms in total. The number of nitrogens with one attached hydrogen (secondary N) is 1. The highest BCUT2D eigenvalue weighted by Gasteiger charge is 2.50. The van der Waals surface area contributed by atoms with E-state index in [2.05, 4.69) is 10.2 Å². The fraction of sp³-hybridized carbons (Fsp3) is 0.348. The molecule has 0 saturated carbocycles. The van der Waals surface area contributed by atoms with E-state index in [1.807, 2.05) is 24.3 Å². The minimum Gasteiger partial charge on any atom is -0.454 e. The summed E-state index contributed by atoms with van der Waals surface area (Å²) in [5.74, 6) is 0.363. The predicted molar refractivity (Wildman–Crippen MR) is 120 cm³/mol. The Kier molecular flexibility index (Phi) is 5.28. The lowest BCUT2D eigenvalue weighted by molar-refractivity contribution is -0.139. The molecule has 0 spiro atoms. The molecule has 1 N–H and O–H groups in total. The number of urea groups is 1. The average Bonchev–Trinajstić information content (AvgIpc) is 3.37. The van der Waals surface area contributed by atoms with Gasteiger partial charge in [0.2, 0.25) is 12.7 Å². The van der Waals surface area contributed by atoms with Crippen LogP contribution in [0.25, 0.3) is 0 Å². The lowest BCUT2D eigenvalue weighted by atomic mass is 9.91. The molecular weight excluding hydrogens is 448 g/mol. The first-order valence-corrected chi connectivity index (χ1v) is 11.1. The van der Waals surface area contributed by atoms with Gasteiger partial charge in [-0.05, 0) is 42.8 Å². The van der Waals surface area contributed by atoms with Crippen LogP contribution in [0.3, 0.4) is 0 Å². The van der Waals surface area contributed by atoms with Gasteiger partial charge in [0, 0.05) is 36.9 Å². The normalized spacial score (nSPS) is 22.1. The number of amides is 4. The van der Waals surface area contributed by atoms with Gasteiger partial charge in [0.25, 0.3) is 5.91 Å². The summed E-state index contributed by atoms with van der Waals surface area (Å²) in [7, 11) is 0. The number of fused-ring (bicyclic) bond motifs is 1. The Labute approximate surface area is 195 Å². The number of anilines is 1. The van der Waals surface area contributed by atoms with Gasteiger partial charge in [-0.25, -0.2) is 4.79 Å². The molecule has 0 aromatic heterocycles. The molecule has 2 fully saturated rings. The van der Waals surface area contributed by atoms with E-state index >= 15 is 0 Å². The zero-order valence-corrected chi connectivity index (χ0v) is 18.8. The number of carbonyl (C=O) groups is 3. The van der Waals surface area contributed by atoms with Gasteiger partial charge < -0.3 is 24.6 Å². The van der Waals surface area contributed by atoms with Gasteiger partial charge in [0.05, 0.1) is 0 Å². The third kappa shape index (κ3) is 3.82. The van der Waals surface area contributed by atoms with E-state index in [1.165, 1.54) is 0 Å². The maximum absolute atomic E-state index is 13.2. The second-order valence-corrected chi connectivity index (χ2v) is 8.80. The average molecular weight is 471 g/mol. The molecule has 2 aromatic carbocycles. The Bertz CT molecular complexity index is 1130. The van der Waals surface area contributed by atoms with Crippen molar-refractivity contribution in [1.82, 2.24) is 15.1 Å². The van der Waals surface area contributed by atoms with E-state index in [0.29, 0.717) is 48.3 Å². The number of imide groups is 1. The van der Waals surface area contributed by atoms with Gasteiger partial charge in [0.15, 0.2) is 11.5 Å². The van der Waals surface area contributed by atoms with Crippen molar-refractivity contribution in [1.29, 1.82) is 0 Å². The molecule has 3 aliphatic rings. The van der Waals surface area contributed by atoms with Crippen molar-refractivity contribution < 1.29 is 23.9 Å². The maximum Gasteiger partial charge on any atom is 0.325 e. The van der Waals surface area contributed by atoms with Crippen molar-refractivity contribution >= 4 is 35.1 Å². The molecule has 33 heavy (non-hydrogen) atoms. The van der Waals surface area contributed by atoms with Crippen LogP contribution in [0.15, 0.2) is 42.5 Å². The fourth-order valence-electron chi connectivity index (χ4n) is 4.37. The lowest BCUT2D eigenvalue weighted by Gasteiger charge is -2.36. The van der Waals surface area contributed by atoms with E-state index in [9.17, 15) is 14.4 Å². The number of halogens is 1. The van der Waals surface area contributed by atoms with Crippen molar-refractivity contribution in [2.45, 2.75) is 12.5 Å². The summed E-state index contributed by atoms with van der Waals surface area (Å²) < 4.78 is 10.7. The van der Waals surface area contributed by atoms with Gasteiger partial charge in [-0.15, -0.1) is 0 Å².